The van der Waals surface area contributed by atoms with Gasteiger partial charge in [-0.2, -0.15) is 0 Å². The molecule has 0 bridgehead atoms. The maximum absolute atomic E-state index is 11.1. The molecule has 2 heterocycles. The first kappa shape index (κ1) is 14.8. The molecule has 0 spiro atoms. The molecule has 1 aliphatic carbocycles. The highest BCUT2D eigenvalue weighted by Gasteiger charge is 2.39. The van der Waals surface area contributed by atoms with Crippen molar-refractivity contribution in [2.75, 3.05) is 25.0 Å². The number of amides is 1. The summed E-state index contributed by atoms with van der Waals surface area (Å²) < 4.78 is 0. The van der Waals surface area contributed by atoms with Crippen molar-refractivity contribution in [3.63, 3.8) is 0 Å². The number of nitrogens with one attached hydrogen (secondary N) is 1. The predicted molar refractivity (Wildman–Crippen MR) is 85.7 cm³/mol. The minimum absolute atomic E-state index is 0.291. The number of hydrogen-bond acceptors (Lipinski definition) is 5. The average molecular weight is 308 g/mol. The van der Waals surface area contributed by atoms with E-state index in [-0.39, 0.29) is 0 Å². The second kappa shape index (κ2) is 6.32. The number of hydrogen-bond donors (Lipinski definition) is 2. The molecule has 1 saturated heterocycles. The third kappa shape index (κ3) is 3.21. The normalized spacial score (nSPS) is 22.3. The summed E-state index contributed by atoms with van der Waals surface area (Å²) in [4.78, 5) is 18.1. The van der Waals surface area contributed by atoms with E-state index in [0.717, 1.165) is 11.7 Å². The Hall–Kier alpha value is -1.14. The van der Waals surface area contributed by atoms with Gasteiger partial charge in [0.25, 0.3) is 5.91 Å². The van der Waals surface area contributed by atoms with Gasteiger partial charge in [0.2, 0.25) is 0 Å². The van der Waals surface area contributed by atoms with Crippen molar-refractivity contribution in [3.8, 4) is 0 Å². The molecule has 1 saturated carbocycles. The lowest BCUT2D eigenvalue weighted by molar-refractivity contribution is 0.0808. The van der Waals surface area contributed by atoms with Crippen LogP contribution in [0.2, 0.25) is 0 Å². The van der Waals surface area contributed by atoms with Crippen molar-refractivity contribution in [2.24, 2.45) is 5.73 Å². The molecule has 0 radical (unpaired) electrons. The van der Waals surface area contributed by atoms with Gasteiger partial charge in [-0.15, -0.1) is 11.3 Å². The number of piperidine rings is 1. The van der Waals surface area contributed by atoms with Crippen LogP contribution in [0.1, 0.15) is 55.4 Å². The molecule has 0 unspecified atom stereocenters. The van der Waals surface area contributed by atoms with Gasteiger partial charge in [-0.1, -0.05) is 19.3 Å². The summed E-state index contributed by atoms with van der Waals surface area (Å²) in [5.74, 6) is -0.453. The number of primary amides is 1. The van der Waals surface area contributed by atoms with Crippen LogP contribution in [-0.2, 0) is 0 Å². The number of nitrogens with two attached hydrogens (primary N) is 1. The van der Waals surface area contributed by atoms with E-state index in [1.165, 1.54) is 69.4 Å². The van der Waals surface area contributed by atoms with Crippen LogP contribution in [0.3, 0.4) is 0 Å². The minimum atomic E-state index is -0.453. The van der Waals surface area contributed by atoms with Gasteiger partial charge in [0.15, 0.2) is 5.13 Å². The summed E-state index contributed by atoms with van der Waals surface area (Å²) in [7, 11) is 0. The van der Waals surface area contributed by atoms with Crippen LogP contribution in [-0.4, -0.2) is 41.0 Å². The van der Waals surface area contributed by atoms with E-state index in [4.69, 9.17) is 5.73 Å². The van der Waals surface area contributed by atoms with Gasteiger partial charge in [-0.05, 0) is 38.8 Å². The van der Waals surface area contributed by atoms with Crippen LogP contribution in [0.5, 0.6) is 0 Å². The second-order valence-electron chi connectivity index (χ2n) is 6.23. The summed E-state index contributed by atoms with van der Waals surface area (Å²) in [6.07, 6.45) is 9.21. The zero-order valence-corrected chi connectivity index (χ0v) is 13.3. The zero-order valence-electron chi connectivity index (χ0n) is 12.4. The molecule has 1 aromatic heterocycles. The Morgan fingerprint density at radius 1 is 1.29 bits per heavy atom. The van der Waals surface area contributed by atoms with Gasteiger partial charge in [0.05, 0.1) is 0 Å². The summed E-state index contributed by atoms with van der Waals surface area (Å²) in [5.41, 5.74) is 5.91. The van der Waals surface area contributed by atoms with Gasteiger partial charge in [0.1, 0.15) is 5.69 Å². The SMILES string of the molecule is NC(=O)c1csc(NCC2(N3CCCCC3)CCCC2)n1. The molecule has 2 aliphatic rings. The number of rotatable bonds is 5. The number of likely N-dealkylation sites (tertiary alicyclic amines) is 1. The third-order valence-corrected chi connectivity index (χ3v) is 5.69. The Kier molecular flexibility index (Phi) is 4.45. The van der Waals surface area contributed by atoms with Crippen molar-refractivity contribution in [1.29, 1.82) is 0 Å². The standard InChI is InChI=1S/C15H24N4OS/c16-13(20)12-10-21-14(18-12)17-11-15(6-2-3-7-15)19-8-4-1-5-9-19/h10H,1-9,11H2,(H2,16,20)(H,17,18). The summed E-state index contributed by atoms with van der Waals surface area (Å²) in [6, 6.07) is 0. The molecule has 3 rings (SSSR count). The third-order valence-electron chi connectivity index (χ3n) is 4.89. The summed E-state index contributed by atoms with van der Waals surface area (Å²) >= 11 is 1.47. The van der Waals surface area contributed by atoms with E-state index >= 15 is 0 Å². The fraction of sp³-hybridized carbons (Fsp3) is 0.733. The topological polar surface area (TPSA) is 71.2 Å². The lowest BCUT2D eigenvalue weighted by Gasteiger charge is -2.43. The molecular weight excluding hydrogens is 284 g/mol. The van der Waals surface area contributed by atoms with Crippen LogP contribution in [0.4, 0.5) is 5.13 Å². The number of thiazole rings is 1. The van der Waals surface area contributed by atoms with E-state index < -0.39 is 5.91 Å². The van der Waals surface area contributed by atoms with Crippen LogP contribution in [0.25, 0.3) is 0 Å². The molecule has 1 amide bonds. The highest BCUT2D eigenvalue weighted by molar-refractivity contribution is 7.13. The van der Waals surface area contributed by atoms with Gasteiger partial charge < -0.3 is 11.1 Å². The molecule has 116 valence electrons. The number of anilines is 1. The van der Waals surface area contributed by atoms with E-state index in [0.29, 0.717) is 11.2 Å². The highest BCUT2D eigenvalue weighted by Crippen LogP contribution is 2.37. The molecule has 3 N–H and O–H groups in total. The van der Waals surface area contributed by atoms with E-state index in [9.17, 15) is 4.79 Å². The first-order chi connectivity index (χ1) is 10.2. The Morgan fingerprint density at radius 2 is 2.00 bits per heavy atom. The second-order valence-corrected chi connectivity index (χ2v) is 7.09. The van der Waals surface area contributed by atoms with Crippen molar-refractivity contribution in [1.82, 2.24) is 9.88 Å². The van der Waals surface area contributed by atoms with Crippen molar-refractivity contribution >= 4 is 22.4 Å². The molecule has 6 heteroatoms. The molecule has 2 fully saturated rings. The Morgan fingerprint density at radius 3 is 2.62 bits per heavy atom. The zero-order chi connectivity index (χ0) is 14.7. The first-order valence-corrected chi connectivity index (χ1v) is 8.82. The first-order valence-electron chi connectivity index (χ1n) is 7.94. The Balaban J connectivity index is 1.65. The maximum Gasteiger partial charge on any atom is 0.268 e. The number of nitrogens with zero attached hydrogens (tertiary/aromatic N) is 2. The lowest BCUT2D eigenvalue weighted by Crippen LogP contribution is -2.53. The van der Waals surface area contributed by atoms with Crippen LogP contribution >= 0.6 is 11.3 Å². The van der Waals surface area contributed by atoms with Gasteiger partial charge in [0, 0.05) is 17.5 Å². The molecule has 5 nitrogen and oxygen atoms in total. The van der Waals surface area contributed by atoms with Crippen molar-refractivity contribution in [3.05, 3.63) is 11.1 Å². The van der Waals surface area contributed by atoms with Crippen LogP contribution in [0, 0.1) is 0 Å². The fourth-order valence-electron chi connectivity index (χ4n) is 3.71. The lowest BCUT2D eigenvalue weighted by atomic mass is 9.92. The van der Waals surface area contributed by atoms with E-state index in [1.54, 1.807) is 5.38 Å². The Bertz CT molecular complexity index is 490. The monoisotopic (exact) mass is 308 g/mol. The van der Waals surface area contributed by atoms with Crippen LogP contribution in [0.15, 0.2) is 5.38 Å². The van der Waals surface area contributed by atoms with Crippen molar-refractivity contribution in [2.45, 2.75) is 50.5 Å². The molecular formula is C15H24N4OS. The van der Waals surface area contributed by atoms with E-state index in [2.05, 4.69) is 15.2 Å². The fourth-order valence-corrected chi connectivity index (χ4v) is 4.41. The Labute approximate surface area is 129 Å². The maximum atomic E-state index is 11.1. The summed E-state index contributed by atoms with van der Waals surface area (Å²) in [5, 5.41) is 6.00. The highest BCUT2D eigenvalue weighted by atomic mass is 32.1. The predicted octanol–water partition coefficient (Wildman–Crippen LogP) is 2.45. The molecule has 0 atom stereocenters. The number of aromatic nitrogens is 1. The molecule has 21 heavy (non-hydrogen) atoms. The van der Waals surface area contributed by atoms with Gasteiger partial charge in [-0.3, -0.25) is 9.69 Å². The average Bonchev–Trinajstić information content (AvgIpc) is 3.16. The molecule has 0 aromatic carbocycles. The van der Waals surface area contributed by atoms with Crippen molar-refractivity contribution < 1.29 is 4.79 Å². The quantitative estimate of drug-likeness (QED) is 0.876. The summed E-state index contributed by atoms with van der Waals surface area (Å²) in [6.45, 7) is 3.39. The van der Waals surface area contributed by atoms with Gasteiger partial charge in [-0.25, -0.2) is 4.98 Å². The number of carbonyl (C=O) groups excluding carboxylic acids is 1. The molecule has 1 aromatic rings. The van der Waals surface area contributed by atoms with E-state index in [1.807, 2.05) is 0 Å². The van der Waals surface area contributed by atoms with Gasteiger partial charge >= 0.3 is 0 Å². The van der Waals surface area contributed by atoms with Crippen LogP contribution < -0.4 is 11.1 Å². The minimum Gasteiger partial charge on any atom is -0.364 e. The smallest absolute Gasteiger partial charge is 0.268 e. The number of carbonyl (C=O) groups is 1. The largest absolute Gasteiger partial charge is 0.364 e. The molecule has 1 aliphatic heterocycles.